The average Bonchev–Trinajstić information content (AvgIpc) is 2.42. The van der Waals surface area contributed by atoms with Crippen molar-refractivity contribution in [3.8, 4) is 5.75 Å². The van der Waals surface area contributed by atoms with Crippen molar-refractivity contribution in [1.82, 2.24) is 4.98 Å². The average molecular weight is 257 g/mol. The maximum Gasteiger partial charge on any atom is 0.230 e. The van der Waals surface area contributed by atoms with Crippen LogP contribution < -0.4 is 15.8 Å². The van der Waals surface area contributed by atoms with Crippen LogP contribution in [0.15, 0.2) is 42.6 Å². The highest BCUT2D eigenvalue weighted by Crippen LogP contribution is 2.18. The van der Waals surface area contributed by atoms with E-state index in [1.807, 2.05) is 24.3 Å². The van der Waals surface area contributed by atoms with Crippen molar-refractivity contribution in [3.05, 3.63) is 48.2 Å². The first-order valence-electron chi connectivity index (χ1n) is 5.82. The SMILES string of the molecule is COc1ccccc1CC(=O)Nc1ccc(N)cn1. The number of nitrogens with one attached hydrogen (secondary N) is 1. The second-order valence-corrected chi connectivity index (χ2v) is 4.01. The van der Waals surface area contributed by atoms with Crippen molar-refractivity contribution >= 4 is 17.4 Å². The second-order valence-electron chi connectivity index (χ2n) is 4.01. The molecule has 5 heteroatoms. The van der Waals surface area contributed by atoms with Gasteiger partial charge in [0.15, 0.2) is 0 Å². The zero-order valence-corrected chi connectivity index (χ0v) is 10.6. The fourth-order valence-corrected chi connectivity index (χ4v) is 1.69. The summed E-state index contributed by atoms with van der Waals surface area (Å²) in [7, 11) is 1.58. The zero-order valence-electron chi connectivity index (χ0n) is 10.6. The Hall–Kier alpha value is -2.56. The Morgan fingerprint density at radius 2 is 2.11 bits per heavy atom. The number of carbonyl (C=O) groups excluding carboxylic acids is 1. The molecular formula is C14H15N3O2. The van der Waals surface area contributed by atoms with Crippen molar-refractivity contribution in [2.75, 3.05) is 18.2 Å². The van der Waals surface area contributed by atoms with E-state index >= 15 is 0 Å². The number of benzene rings is 1. The molecule has 2 rings (SSSR count). The third-order valence-electron chi connectivity index (χ3n) is 2.60. The van der Waals surface area contributed by atoms with Crippen LogP contribution in [0.4, 0.5) is 11.5 Å². The Morgan fingerprint density at radius 3 is 2.79 bits per heavy atom. The Bertz CT molecular complexity index is 567. The molecule has 98 valence electrons. The number of nitrogens with two attached hydrogens (primary N) is 1. The van der Waals surface area contributed by atoms with Gasteiger partial charge in [-0.05, 0) is 18.2 Å². The first kappa shape index (κ1) is 12.9. The van der Waals surface area contributed by atoms with Gasteiger partial charge < -0.3 is 15.8 Å². The van der Waals surface area contributed by atoms with Gasteiger partial charge in [0, 0.05) is 5.56 Å². The number of aromatic nitrogens is 1. The molecule has 1 amide bonds. The van der Waals surface area contributed by atoms with E-state index < -0.39 is 0 Å². The lowest BCUT2D eigenvalue weighted by Crippen LogP contribution is -2.15. The van der Waals surface area contributed by atoms with Crippen LogP contribution in [-0.2, 0) is 11.2 Å². The maximum absolute atomic E-state index is 11.9. The molecule has 1 aromatic carbocycles. The fourth-order valence-electron chi connectivity index (χ4n) is 1.69. The van der Waals surface area contributed by atoms with Crippen LogP contribution in [0.2, 0.25) is 0 Å². The van der Waals surface area contributed by atoms with E-state index in [0.29, 0.717) is 17.3 Å². The summed E-state index contributed by atoms with van der Waals surface area (Å²) in [4.78, 5) is 15.9. The highest BCUT2D eigenvalue weighted by Gasteiger charge is 2.08. The maximum atomic E-state index is 11.9. The van der Waals surface area contributed by atoms with Gasteiger partial charge in [0.1, 0.15) is 11.6 Å². The summed E-state index contributed by atoms with van der Waals surface area (Å²) in [6.07, 6.45) is 1.73. The summed E-state index contributed by atoms with van der Waals surface area (Å²) in [5.74, 6) is 1.03. The Balaban J connectivity index is 2.03. The predicted octanol–water partition coefficient (Wildman–Crippen LogP) is 1.85. The van der Waals surface area contributed by atoms with Crippen LogP contribution in [0.25, 0.3) is 0 Å². The Labute approximate surface area is 111 Å². The molecule has 0 atom stereocenters. The molecular weight excluding hydrogens is 242 g/mol. The first-order valence-corrected chi connectivity index (χ1v) is 5.82. The van der Waals surface area contributed by atoms with Gasteiger partial charge in [0.2, 0.25) is 5.91 Å². The van der Waals surface area contributed by atoms with Crippen molar-refractivity contribution in [1.29, 1.82) is 0 Å². The van der Waals surface area contributed by atoms with E-state index in [2.05, 4.69) is 10.3 Å². The monoisotopic (exact) mass is 257 g/mol. The first-order chi connectivity index (χ1) is 9.19. The molecule has 1 aromatic heterocycles. The largest absolute Gasteiger partial charge is 0.496 e. The normalized spacial score (nSPS) is 9.95. The summed E-state index contributed by atoms with van der Waals surface area (Å²) in [5, 5.41) is 2.71. The minimum Gasteiger partial charge on any atom is -0.496 e. The van der Waals surface area contributed by atoms with Crippen molar-refractivity contribution in [2.24, 2.45) is 0 Å². The molecule has 1 heterocycles. The highest BCUT2D eigenvalue weighted by atomic mass is 16.5. The lowest BCUT2D eigenvalue weighted by molar-refractivity contribution is -0.115. The molecule has 0 aliphatic rings. The standard InChI is InChI=1S/C14H15N3O2/c1-19-12-5-3-2-4-10(12)8-14(18)17-13-7-6-11(15)9-16-13/h2-7,9H,8,15H2,1H3,(H,16,17,18). The molecule has 0 spiro atoms. The number of rotatable bonds is 4. The molecule has 19 heavy (non-hydrogen) atoms. The topological polar surface area (TPSA) is 77.2 Å². The van der Waals surface area contributed by atoms with Crippen LogP contribution in [-0.4, -0.2) is 18.0 Å². The van der Waals surface area contributed by atoms with Crippen molar-refractivity contribution in [3.63, 3.8) is 0 Å². The number of nitrogens with zero attached hydrogens (tertiary/aromatic N) is 1. The highest BCUT2D eigenvalue weighted by molar-refractivity contribution is 5.91. The Kier molecular flexibility index (Phi) is 3.97. The zero-order chi connectivity index (χ0) is 13.7. The van der Waals surface area contributed by atoms with E-state index in [1.54, 1.807) is 19.2 Å². The summed E-state index contributed by atoms with van der Waals surface area (Å²) in [6, 6.07) is 10.8. The Morgan fingerprint density at radius 1 is 1.32 bits per heavy atom. The molecule has 0 fully saturated rings. The van der Waals surface area contributed by atoms with E-state index in [-0.39, 0.29) is 12.3 Å². The number of anilines is 2. The summed E-state index contributed by atoms with van der Waals surface area (Å²) >= 11 is 0. The van der Waals surface area contributed by atoms with Gasteiger partial charge in [-0.15, -0.1) is 0 Å². The molecule has 3 N–H and O–H groups in total. The van der Waals surface area contributed by atoms with Crippen LogP contribution >= 0.6 is 0 Å². The number of amides is 1. The van der Waals surface area contributed by atoms with Crippen LogP contribution in [0, 0.1) is 0 Å². The van der Waals surface area contributed by atoms with E-state index in [9.17, 15) is 4.79 Å². The molecule has 0 aliphatic carbocycles. The lowest BCUT2D eigenvalue weighted by atomic mass is 10.1. The number of hydrogen-bond acceptors (Lipinski definition) is 4. The number of carbonyl (C=O) groups is 1. The molecule has 0 radical (unpaired) electrons. The summed E-state index contributed by atoms with van der Waals surface area (Å²) < 4.78 is 5.20. The minimum absolute atomic E-state index is 0.151. The van der Waals surface area contributed by atoms with Gasteiger partial charge in [0.05, 0.1) is 25.4 Å². The van der Waals surface area contributed by atoms with Gasteiger partial charge in [-0.3, -0.25) is 4.79 Å². The molecule has 0 aliphatic heterocycles. The van der Waals surface area contributed by atoms with Crippen molar-refractivity contribution in [2.45, 2.75) is 6.42 Å². The molecule has 0 unspecified atom stereocenters. The number of ether oxygens (including phenoxy) is 1. The number of pyridine rings is 1. The van der Waals surface area contributed by atoms with Gasteiger partial charge in [-0.2, -0.15) is 0 Å². The smallest absolute Gasteiger partial charge is 0.230 e. The second kappa shape index (κ2) is 5.86. The predicted molar refractivity (Wildman–Crippen MR) is 74.0 cm³/mol. The van der Waals surface area contributed by atoms with Gasteiger partial charge >= 0.3 is 0 Å². The van der Waals surface area contributed by atoms with E-state index in [4.69, 9.17) is 10.5 Å². The number of nitrogen functional groups attached to an aromatic ring is 1. The third-order valence-corrected chi connectivity index (χ3v) is 2.60. The molecule has 0 saturated heterocycles. The lowest BCUT2D eigenvalue weighted by Gasteiger charge is -2.08. The van der Waals surface area contributed by atoms with E-state index in [0.717, 1.165) is 5.56 Å². The van der Waals surface area contributed by atoms with Gasteiger partial charge in [0.25, 0.3) is 0 Å². The van der Waals surface area contributed by atoms with Gasteiger partial charge in [-0.1, -0.05) is 18.2 Å². The number of para-hydroxylation sites is 1. The van der Waals surface area contributed by atoms with Crippen LogP contribution in [0.3, 0.4) is 0 Å². The van der Waals surface area contributed by atoms with Gasteiger partial charge in [-0.25, -0.2) is 4.98 Å². The molecule has 2 aromatic rings. The number of hydrogen-bond donors (Lipinski definition) is 2. The van der Waals surface area contributed by atoms with E-state index in [1.165, 1.54) is 6.20 Å². The minimum atomic E-state index is -0.151. The fraction of sp³-hybridized carbons (Fsp3) is 0.143. The van der Waals surface area contributed by atoms with Crippen LogP contribution in [0.5, 0.6) is 5.75 Å². The molecule has 0 bridgehead atoms. The molecule has 0 saturated carbocycles. The third kappa shape index (κ3) is 3.45. The van der Waals surface area contributed by atoms with Crippen molar-refractivity contribution < 1.29 is 9.53 Å². The quantitative estimate of drug-likeness (QED) is 0.876. The summed E-state index contributed by atoms with van der Waals surface area (Å²) in [5.41, 5.74) is 6.92. The number of methoxy groups -OCH3 is 1. The molecule has 5 nitrogen and oxygen atoms in total. The van der Waals surface area contributed by atoms with Crippen LogP contribution in [0.1, 0.15) is 5.56 Å². The summed E-state index contributed by atoms with van der Waals surface area (Å²) in [6.45, 7) is 0.